The quantitative estimate of drug-likeness (QED) is 0.859. The minimum Gasteiger partial charge on any atom is -0.490 e. The van der Waals surface area contributed by atoms with Crippen LogP contribution < -0.4 is 10.1 Å². The number of hydrogen-bond acceptors (Lipinski definition) is 4. The monoisotopic (exact) mass is 232 g/mol. The van der Waals surface area contributed by atoms with Crippen molar-refractivity contribution in [2.75, 3.05) is 11.9 Å². The third-order valence-electron chi connectivity index (χ3n) is 2.39. The maximum absolute atomic E-state index is 5.50. The summed E-state index contributed by atoms with van der Waals surface area (Å²) in [6.45, 7) is 4.59. The highest BCUT2D eigenvalue weighted by atomic mass is 16.5. The normalized spacial score (nSPS) is 12.1. The molecule has 0 spiro atoms. The van der Waals surface area contributed by atoms with E-state index < -0.39 is 0 Å². The largest absolute Gasteiger partial charge is 0.490 e. The summed E-state index contributed by atoms with van der Waals surface area (Å²) in [6, 6.07) is 7.61. The molecule has 2 aromatic heterocycles. The Morgan fingerprint density at radius 3 is 3.00 bits per heavy atom. The van der Waals surface area contributed by atoms with Crippen molar-refractivity contribution in [2.24, 2.45) is 0 Å². The number of pyridine rings is 1. The molecule has 2 rings (SSSR count). The molecule has 0 saturated carbocycles. The molecule has 2 aromatic rings. The maximum Gasteiger partial charge on any atom is 0.169 e. The SMILES string of the molecule is CCOc1cccnc1NC(C)c1ccco1. The van der Waals surface area contributed by atoms with Crippen LogP contribution in [0.1, 0.15) is 25.6 Å². The van der Waals surface area contributed by atoms with Crippen LogP contribution in [0.2, 0.25) is 0 Å². The highest BCUT2D eigenvalue weighted by Crippen LogP contribution is 2.25. The van der Waals surface area contributed by atoms with Crippen LogP contribution >= 0.6 is 0 Å². The molecular weight excluding hydrogens is 216 g/mol. The molecular formula is C13H16N2O2. The van der Waals surface area contributed by atoms with Crippen molar-refractivity contribution in [3.05, 3.63) is 42.5 Å². The topological polar surface area (TPSA) is 47.3 Å². The molecule has 0 radical (unpaired) electrons. The molecule has 0 aliphatic rings. The third-order valence-corrected chi connectivity index (χ3v) is 2.39. The predicted molar refractivity (Wildman–Crippen MR) is 66.2 cm³/mol. The van der Waals surface area contributed by atoms with Gasteiger partial charge in [0.25, 0.3) is 0 Å². The molecule has 0 aromatic carbocycles. The second-order valence-corrected chi connectivity index (χ2v) is 3.66. The first-order valence-corrected chi connectivity index (χ1v) is 5.69. The Morgan fingerprint density at radius 2 is 2.29 bits per heavy atom. The van der Waals surface area contributed by atoms with Crippen molar-refractivity contribution in [3.63, 3.8) is 0 Å². The van der Waals surface area contributed by atoms with Crippen molar-refractivity contribution < 1.29 is 9.15 Å². The van der Waals surface area contributed by atoms with Crippen molar-refractivity contribution >= 4 is 5.82 Å². The number of aromatic nitrogens is 1. The number of anilines is 1. The third kappa shape index (κ3) is 2.78. The molecule has 17 heavy (non-hydrogen) atoms. The van der Waals surface area contributed by atoms with Crippen molar-refractivity contribution in [1.82, 2.24) is 4.98 Å². The number of furan rings is 1. The van der Waals surface area contributed by atoms with Gasteiger partial charge in [-0.1, -0.05) is 0 Å². The van der Waals surface area contributed by atoms with Gasteiger partial charge < -0.3 is 14.5 Å². The van der Waals surface area contributed by atoms with Crippen LogP contribution in [0.3, 0.4) is 0 Å². The summed E-state index contributed by atoms with van der Waals surface area (Å²) in [7, 11) is 0. The lowest BCUT2D eigenvalue weighted by molar-refractivity contribution is 0.340. The molecule has 0 bridgehead atoms. The zero-order valence-electron chi connectivity index (χ0n) is 10.0. The molecule has 0 aliphatic heterocycles. The summed E-state index contributed by atoms with van der Waals surface area (Å²) in [5.74, 6) is 2.37. The second kappa shape index (κ2) is 5.39. The van der Waals surface area contributed by atoms with E-state index >= 15 is 0 Å². The predicted octanol–water partition coefficient (Wildman–Crippen LogP) is 3.25. The van der Waals surface area contributed by atoms with Crippen molar-refractivity contribution in [3.8, 4) is 5.75 Å². The van der Waals surface area contributed by atoms with Gasteiger partial charge in [-0.25, -0.2) is 4.98 Å². The Hall–Kier alpha value is -1.97. The molecule has 4 nitrogen and oxygen atoms in total. The molecule has 0 fully saturated rings. The molecule has 90 valence electrons. The summed E-state index contributed by atoms with van der Waals surface area (Å²) < 4.78 is 10.8. The first kappa shape index (κ1) is 11.5. The minimum atomic E-state index is 0.0547. The zero-order valence-corrected chi connectivity index (χ0v) is 10.0. The molecule has 2 heterocycles. The van der Waals surface area contributed by atoms with Crippen LogP contribution in [0.5, 0.6) is 5.75 Å². The van der Waals surface area contributed by atoms with Gasteiger partial charge in [0.2, 0.25) is 0 Å². The first-order valence-electron chi connectivity index (χ1n) is 5.69. The van der Waals surface area contributed by atoms with Gasteiger partial charge in [0.15, 0.2) is 11.6 Å². The summed E-state index contributed by atoms with van der Waals surface area (Å²) in [5.41, 5.74) is 0. The molecule has 0 amide bonds. The number of rotatable bonds is 5. The van der Waals surface area contributed by atoms with Crippen LogP contribution in [-0.4, -0.2) is 11.6 Å². The zero-order chi connectivity index (χ0) is 12.1. The molecule has 1 unspecified atom stereocenters. The summed E-state index contributed by atoms with van der Waals surface area (Å²) in [4.78, 5) is 4.27. The number of nitrogens with one attached hydrogen (secondary N) is 1. The van der Waals surface area contributed by atoms with E-state index in [0.29, 0.717) is 6.61 Å². The van der Waals surface area contributed by atoms with Crippen LogP contribution in [0, 0.1) is 0 Å². The fourth-order valence-electron chi connectivity index (χ4n) is 1.58. The van der Waals surface area contributed by atoms with Gasteiger partial charge in [0, 0.05) is 6.20 Å². The maximum atomic E-state index is 5.50. The van der Waals surface area contributed by atoms with E-state index in [2.05, 4.69) is 10.3 Å². The highest BCUT2D eigenvalue weighted by molar-refractivity contribution is 5.50. The first-order chi connectivity index (χ1) is 8.31. The lowest BCUT2D eigenvalue weighted by Gasteiger charge is -2.15. The van der Waals surface area contributed by atoms with Crippen LogP contribution in [0.25, 0.3) is 0 Å². The van der Waals surface area contributed by atoms with E-state index in [4.69, 9.17) is 9.15 Å². The lowest BCUT2D eigenvalue weighted by Crippen LogP contribution is -2.08. The standard InChI is InChI=1S/C13H16N2O2/c1-3-16-12-6-4-8-14-13(12)15-10(2)11-7-5-9-17-11/h4-10H,3H2,1-2H3,(H,14,15). The molecule has 1 atom stereocenters. The van der Waals surface area contributed by atoms with Gasteiger partial charge in [-0.2, -0.15) is 0 Å². The molecule has 4 heteroatoms. The van der Waals surface area contributed by atoms with Gasteiger partial charge in [0.1, 0.15) is 5.76 Å². The molecule has 1 N–H and O–H groups in total. The average Bonchev–Trinajstić information content (AvgIpc) is 2.85. The van der Waals surface area contributed by atoms with Crippen LogP contribution in [0.4, 0.5) is 5.82 Å². The van der Waals surface area contributed by atoms with E-state index in [1.807, 2.05) is 38.1 Å². The van der Waals surface area contributed by atoms with Crippen molar-refractivity contribution in [1.29, 1.82) is 0 Å². The average molecular weight is 232 g/mol. The number of hydrogen-bond donors (Lipinski definition) is 1. The Labute approximate surface area is 101 Å². The van der Waals surface area contributed by atoms with Gasteiger partial charge in [-0.05, 0) is 38.1 Å². The van der Waals surface area contributed by atoms with Crippen LogP contribution in [-0.2, 0) is 0 Å². The highest BCUT2D eigenvalue weighted by Gasteiger charge is 2.11. The van der Waals surface area contributed by atoms with Crippen LogP contribution in [0.15, 0.2) is 41.1 Å². The lowest BCUT2D eigenvalue weighted by atomic mass is 10.2. The Morgan fingerprint density at radius 1 is 1.41 bits per heavy atom. The Balaban J connectivity index is 2.12. The van der Waals surface area contributed by atoms with Crippen molar-refractivity contribution in [2.45, 2.75) is 19.9 Å². The fourth-order valence-corrected chi connectivity index (χ4v) is 1.58. The molecule has 0 saturated heterocycles. The van der Waals surface area contributed by atoms with Gasteiger partial charge in [-0.15, -0.1) is 0 Å². The van der Waals surface area contributed by atoms with Gasteiger partial charge >= 0.3 is 0 Å². The summed E-state index contributed by atoms with van der Waals surface area (Å²) in [6.07, 6.45) is 3.40. The van der Waals surface area contributed by atoms with E-state index in [0.717, 1.165) is 17.3 Å². The van der Waals surface area contributed by atoms with E-state index in [-0.39, 0.29) is 6.04 Å². The number of ether oxygens (including phenoxy) is 1. The Kier molecular flexibility index (Phi) is 3.65. The minimum absolute atomic E-state index is 0.0547. The number of nitrogens with zero attached hydrogens (tertiary/aromatic N) is 1. The van der Waals surface area contributed by atoms with E-state index in [9.17, 15) is 0 Å². The summed E-state index contributed by atoms with van der Waals surface area (Å²) in [5, 5.41) is 3.27. The van der Waals surface area contributed by atoms with E-state index in [1.54, 1.807) is 12.5 Å². The van der Waals surface area contributed by atoms with E-state index in [1.165, 1.54) is 0 Å². The Bertz CT molecular complexity index is 454. The van der Waals surface area contributed by atoms with Gasteiger partial charge in [-0.3, -0.25) is 0 Å². The fraction of sp³-hybridized carbons (Fsp3) is 0.308. The summed E-state index contributed by atoms with van der Waals surface area (Å²) >= 11 is 0. The second-order valence-electron chi connectivity index (χ2n) is 3.66. The molecule has 0 aliphatic carbocycles. The van der Waals surface area contributed by atoms with Gasteiger partial charge in [0.05, 0.1) is 18.9 Å². The smallest absolute Gasteiger partial charge is 0.169 e.